The summed E-state index contributed by atoms with van der Waals surface area (Å²) < 4.78 is 19.7. The molecule has 0 spiro atoms. The van der Waals surface area contributed by atoms with Crippen LogP contribution < -0.4 is 4.90 Å². The highest BCUT2D eigenvalue weighted by atomic mass is 16.3. The van der Waals surface area contributed by atoms with Crippen molar-refractivity contribution in [1.29, 1.82) is 0 Å². The van der Waals surface area contributed by atoms with E-state index in [0.29, 0.717) is 0 Å². The summed E-state index contributed by atoms with van der Waals surface area (Å²) in [7, 11) is 0. The van der Waals surface area contributed by atoms with Crippen molar-refractivity contribution in [2.75, 3.05) is 4.90 Å². The third-order valence-corrected chi connectivity index (χ3v) is 11.5. The summed E-state index contributed by atoms with van der Waals surface area (Å²) in [6, 6.07) is 70.1. The van der Waals surface area contributed by atoms with Gasteiger partial charge in [-0.2, -0.15) is 0 Å². The highest BCUT2D eigenvalue weighted by Crippen LogP contribution is 2.45. The Morgan fingerprint density at radius 2 is 0.724 bits per heavy atom. The summed E-state index contributed by atoms with van der Waals surface area (Å²) in [5.41, 5.74) is 14.8. The van der Waals surface area contributed by atoms with Gasteiger partial charge in [0.15, 0.2) is 5.58 Å². The maximum absolute atomic E-state index is 6.84. The molecule has 0 aliphatic heterocycles. The summed E-state index contributed by atoms with van der Waals surface area (Å²) in [5, 5.41) is 6.63. The zero-order chi connectivity index (χ0) is 38.2. The molecule has 0 fully saturated rings. The molecule has 0 saturated heterocycles. The van der Waals surface area contributed by atoms with E-state index < -0.39 is 0 Å². The van der Waals surface area contributed by atoms with Gasteiger partial charge in [-0.1, -0.05) is 146 Å². The lowest BCUT2D eigenvalue weighted by atomic mass is 10.0. The molecule has 272 valence electrons. The highest BCUT2D eigenvalue weighted by molar-refractivity contribution is 6.12. The number of hydrogen-bond donors (Lipinski definition) is 0. The van der Waals surface area contributed by atoms with E-state index in [0.717, 1.165) is 116 Å². The first-order valence-electron chi connectivity index (χ1n) is 19.6. The molecule has 0 N–H and O–H groups in total. The molecule has 0 aliphatic rings. The van der Waals surface area contributed by atoms with Crippen molar-refractivity contribution < 1.29 is 13.3 Å². The smallest absolute Gasteiger partial charge is 0.159 e. The Morgan fingerprint density at radius 3 is 1.31 bits per heavy atom. The Bertz CT molecular complexity index is 3340. The van der Waals surface area contributed by atoms with Crippen LogP contribution >= 0.6 is 0 Å². The van der Waals surface area contributed by atoms with E-state index >= 15 is 0 Å². The number of hydrogen-bond acceptors (Lipinski definition) is 4. The maximum Gasteiger partial charge on any atom is 0.159 e. The number of para-hydroxylation sites is 5. The Labute approximate surface area is 333 Å². The predicted octanol–water partition coefficient (Wildman–Crippen LogP) is 15.9. The Balaban J connectivity index is 1.01. The molecular weight excluding hydrogens is 711 g/mol. The van der Waals surface area contributed by atoms with Gasteiger partial charge in [-0.05, 0) is 76.9 Å². The second kappa shape index (κ2) is 12.9. The fraction of sp³-hybridized carbons (Fsp3) is 0. The summed E-state index contributed by atoms with van der Waals surface area (Å²) in [5.74, 6) is 0. The first kappa shape index (κ1) is 32.4. The molecule has 0 atom stereocenters. The van der Waals surface area contributed by atoms with Crippen LogP contribution in [-0.2, 0) is 0 Å². The minimum atomic E-state index is 0.829. The standard InChI is InChI=1S/C54H33NO3/c1-2-11-34(12-3-1)37-27-32-44-47-19-10-20-48(54(47)58-51(44)33-37)55(38-28-23-35(24-29-38)40-15-8-17-45-42-13-4-6-21-49(42)56-52(40)45)39-30-25-36(26-31-39)41-16-9-18-46-43-14-5-7-22-50(43)57-53(41)46/h1-33H. The van der Waals surface area contributed by atoms with Crippen molar-refractivity contribution in [3.63, 3.8) is 0 Å². The first-order chi connectivity index (χ1) is 28.7. The van der Waals surface area contributed by atoms with Gasteiger partial charge in [0.2, 0.25) is 0 Å². The molecule has 4 heteroatoms. The SMILES string of the molecule is c1ccc(-c2ccc3c(c2)oc2c(N(c4ccc(-c5cccc6c5oc5ccccc56)cc4)c4ccc(-c5cccc6c5oc5ccccc56)cc4)cccc23)cc1. The lowest BCUT2D eigenvalue weighted by molar-refractivity contribution is 0.669. The molecule has 9 aromatic carbocycles. The van der Waals surface area contributed by atoms with E-state index in [9.17, 15) is 0 Å². The molecule has 0 unspecified atom stereocenters. The maximum atomic E-state index is 6.84. The second-order valence-corrected chi connectivity index (χ2v) is 14.8. The average molecular weight is 744 g/mol. The second-order valence-electron chi connectivity index (χ2n) is 14.8. The lowest BCUT2D eigenvalue weighted by Gasteiger charge is -2.26. The van der Waals surface area contributed by atoms with Gasteiger partial charge in [-0.15, -0.1) is 0 Å². The van der Waals surface area contributed by atoms with Gasteiger partial charge in [-0.3, -0.25) is 0 Å². The predicted molar refractivity (Wildman–Crippen MR) is 239 cm³/mol. The number of rotatable bonds is 6. The number of furan rings is 3. The third-order valence-electron chi connectivity index (χ3n) is 11.5. The minimum absolute atomic E-state index is 0.829. The zero-order valence-corrected chi connectivity index (χ0v) is 31.2. The molecule has 0 amide bonds. The molecule has 3 aromatic heterocycles. The molecule has 4 nitrogen and oxygen atoms in total. The molecule has 3 heterocycles. The molecule has 0 radical (unpaired) electrons. The van der Waals surface area contributed by atoms with Gasteiger partial charge in [0.05, 0.1) is 5.69 Å². The van der Waals surface area contributed by atoms with E-state index in [1.807, 2.05) is 30.3 Å². The van der Waals surface area contributed by atoms with Crippen molar-refractivity contribution in [2.24, 2.45) is 0 Å². The van der Waals surface area contributed by atoms with Crippen molar-refractivity contribution >= 4 is 82.9 Å². The molecule has 0 aliphatic carbocycles. The normalized spacial score (nSPS) is 11.8. The largest absolute Gasteiger partial charge is 0.455 e. The number of anilines is 3. The topological polar surface area (TPSA) is 42.7 Å². The summed E-state index contributed by atoms with van der Waals surface area (Å²) in [6.07, 6.45) is 0. The number of benzene rings is 9. The lowest BCUT2D eigenvalue weighted by Crippen LogP contribution is -2.10. The molecule has 0 saturated carbocycles. The van der Waals surface area contributed by atoms with E-state index in [1.54, 1.807) is 0 Å². The van der Waals surface area contributed by atoms with E-state index in [4.69, 9.17) is 13.3 Å². The van der Waals surface area contributed by atoms with Crippen LogP contribution in [0, 0.1) is 0 Å². The van der Waals surface area contributed by atoms with Crippen molar-refractivity contribution in [2.45, 2.75) is 0 Å². The summed E-state index contributed by atoms with van der Waals surface area (Å²) in [6.45, 7) is 0. The monoisotopic (exact) mass is 743 g/mol. The molecule has 58 heavy (non-hydrogen) atoms. The average Bonchev–Trinajstić information content (AvgIpc) is 3.99. The number of fused-ring (bicyclic) bond motifs is 9. The van der Waals surface area contributed by atoms with Crippen molar-refractivity contribution in [3.8, 4) is 33.4 Å². The summed E-state index contributed by atoms with van der Waals surface area (Å²) in [4.78, 5) is 2.29. The van der Waals surface area contributed by atoms with Gasteiger partial charge in [0, 0.05) is 54.8 Å². The van der Waals surface area contributed by atoms with Crippen LogP contribution in [0.5, 0.6) is 0 Å². The van der Waals surface area contributed by atoms with Crippen LogP contribution in [0.3, 0.4) is 0 Å². The van der Waals surface area contributed by atoms with Gasteiger partial charge < -0.3 is 18.2 Å². The van der Waals surface area contributed by atoms with Crippen LogP contribution in [0.4, 0.5) is 17.1 Å². The molecule has 12 aromatic rings. The van der Waals surface area contributed by atoms with Gasteiger partial charge >= 0.3 is 0 Å². The highest BCUT2D eigenvalue weighted by Gasteiger charge is 2.21. The van der Waals surface area contributed by atoms with Gasteiger partial charge in [-0.25, -0.2) is 0 Å². The van der Waals surface area contributed by atoms with E-state index in [-0.39, 0.29) is 0 Å². The Morgan fingerprint density at radius 1 is 0.276 bits per heavy atom. The first-order valence-corrected chi connectivity index (χ1v) is 19.6. The number of nitrogens with zero attached hydrogens (tertiary/aromatic N) is 1. The van der Waals surface area contributed by atoms with E-state index in [2.05, 4.69) is 175 Å². The van der Waals surface area contributed by atoms with Crippen molar-refractivity contribution in [3.05, 3.63) is 200 Å². The fourth-order valence-corrected chi connectivity index (χ4v) is 8.73. The van der Waals surface area contributed by atoms with Gasteiger partial charge in [0.1, 0.15) is 27.9 Å². The van der Waals surface area contributed by atoms with Crippen LogP contribution in [0.15, 0.2) is 213 Å². The fourth-order valence-electron chi connectivity index (χ4n) is 8.73. The van der Waals surface area contributed by atoms with Crippen LogP contribution in [-0.4, -0.2) is 0 Å². The third kappa shape index (κ3) is 5.09. The van der Waals surface area contributed by atoms with Crippen molar-refractivity contribution in [1.82, 2.24) is 0 Å². The molecule has 12 rings (SSSR count). The van der Waals surface area contributed by atoms with Crippen LogP contribution in [0.25, 0.3) is 99.2 Å². The molecular formula is C54H33NO3. The minimum Gasteiger partial charge on any atom is -0.455 e. The van der Waals surface area contributed by atoms with Gasteiger partial charge in [0.25, 0.3) is 0 Å². The van der Waals surface area contributed by atoms with Crippen LogP contribution in [0.1, 0.15) is 0 Å². The zero-order valence-electron chi connectivity index (χ0n) is 31.2. The summed E-state index contributed by atoms with van der Waals surface area (Å²) >= 11 is 0. The van der Waals surface area contributed by atoms with Crippen LogP contribution in [0.2, 0.25) is 0 Å². The Hall–Kier alpha value is -7.82. The van der Waals surface area contributed by atoms with E-state index in [1.165, 1.54) is 0 Å². The Kier molecular flexibility index (Phi) is 7.20. The quantitative estimate of drug-likeness (QED) is 0.170. The molecule has 0 bridgehead atoms.